The molecular weight excluding hydrogens is 350 g/mol. The summed E-state index contributed by atoms with van der Waals surface area (Å²) in [7, 11) is 1.75. The highest BCUT2D eigenvalue weighted by atomic mass is 16.5. The third-order valence-electron chi connectivity index (χ3n) is 5.90. The van der Waals surface area contributed by atoms with Gasteiger partial charge in [0.1, 0.15) is 5.82 Å². The lowest BCUT2D eigenvalue weighted by Crippen LogP contribution is -2.38. The summed E-state index contributed by atoms with van der Waals surface area (Å²) in [5.41, 5.74) is 2.86. The van der Waals surface area contributed by atoms with Crippen LogP contribution in [0.25, 0.3) is 0 Å². The molecule has 1 aliphatic carbocycles. The molecule has 1 aromatic heterocycles. The highest BCUT2D eigenvalue weighted by molar-refractivity contribution is 5.46. The van der Waals surface area contributed by atoms with Crippen LogP contribution in [0.1, 0.15) is 36.8 Å². The molecule has 0 radical (unpaired) electrons. The van der Waals surface area contributed by atoms with Crippen molar-refractivity contribution in [2.75, 3.05) is 37.0 Å². The second-order valence-corrected chi connectivity index (χ2v) is 7.82. The fourth-order valence-corrected chi connectivity index (χ4v) is 4.28. The van der Waals surface area contributed by atoms with Gasteiger partial charge in [0.15, 0.2) is 0 Å². The van der Waals surface area contributed by atoms with Crippen molar-refractivity contribution in [2.45, 2.75) is 50.7 Å². The van der Waals surface area contributed by atoms with Gasteiger partial charge < -0.3 is 20.3 Å². The molecule has 6 heteroatoms. The number of rotatable bonds is 7. The number of aromatic nitrogens is 2. The van der Waals surface area contributed by atoms with Crippen LogP contribution in [0.15, 0.2) is 36.5 Å². The lowest BCUT2D eigenvalue weighted by molar-refractivity contribution is 0.191. The number of methoxy groups -OCH3 is 1. The third-order valence-corrected chi connectivity index (χ3v) is 5.90. The molecule has 2 heterocycles. The van der Waals surface area contributed by atoms with Crippen LogP contribution >= 0.6 is 0 Å². The number of fused-ring (bicyclic) bond motifs is 1. The van der Waals surface area contributed by atoms with Crippen molar-refractivity contribution < 1.29 is 4.74 Å². The summed E-state index contributed by atoms with van der Waals surface area (Å²) >= 11 is 0. The number of benzene rings is 1. The van der Waals surface area contributed by atoms with E-state index >= 15 is 0 Å². The molecule has 2 aliphatic rings. The lowest BCUT2D eigenvalue weighted by atomic mass is 9.91. The predicted octanol–water partition coefficient (Wildman–Crippen LogP) is 3.00. The van der Waals surface area contributed by atoms with Gasteiger partial charge in [-0.15, -0.1) is 0 Å². The Bertz CT molecular complexity index is 760. The molecule has 0 amide bonds. The zero-order valence-electron chi connectivity index (χ0n) is 16.7. The highest BCUT2D eigenvalue weighted by Gasteiger charge is 2.22. The van der Waals surface area contributed by atoms with Gasteiger partial charge in [-0.05, 0) is 49.3 Å². The van der Waals surface area contributed by atoms with E-state index in [-0.39, 0.29) is 0 Å². The van der Waals surface area contributed by atoms with Crippen LogP contribution < -0.4 is 15.5 Å². The minimum atomic E-state index is 0.456. The second kappa shape index (κ2) is 9.34. The molecule has 1 saturated carbocycles. The van der Waals surface area contributed by atoms with Gasteiger partial charge in [-0.2, -0.15) is 4.98 Å². The molecule has 150 valence electrons. The number of hydrogen-bond donors (Lipinski definition) is 2. The summed E-state index contributed by atoms with van der Waals surface area (Å²) in [5, 5.41) is 7.14. The van der Waals surface area contributed by atoms with Gasteiger partial charge in [0, 0.05) is 45.0 Å². The van der Waals surface area contributed by atoms with Crippen molar-refractivity contribution in [2.24, 2.45) is 0 Å². The molecule has 0 bridgehead atoms. The fraction of sp³-hybridized carbons (Fsp3) is 0.545. The third kappa shape index (κ3) is 4.80. The maximum Gasteiger partial charge on any atom is 0.224 e. The molecule has 0 spiro atoms. The Balaban J connectivity index is 1.31. The first-order chi connectivity index (χ1) is 13.8. The van der Waals surface area contributed by atoms with E-state index in [0.29, 0.717) is 12.1 Å². The van der Waals surface area contributed by atoms with Crippen molar-refractivity contribution in [1.29, 1.82) is 0 Å². The lowest BCUT2D eigenvalue weighted by Gasteiger charge is -2.31. The van der Waals surface area contributed by atoms with Crippen LogP contribution in [0.4, 0.5) is 11.8 Å². The Morgan fingerprint density at radius 3 is 2.68 bits per heavy atom. The van der Waals surface area contributed by atoms with Gasteiger partial charge in [-0.1, -0.05) is 24.3 Å². The van der Waals surface area contributed by atoms with E-state index in [1.54, 1.807) is 7.11 Å². The minimum Gasteiger partial charge on any atom is -0.383 e. The van der Waals surface area contributed by atoms with Gasteiger partial charge >= 0.3 is 0 Å². The molecule has 0 atom stereocenters. The quantitative estimate of drug-likeness (QED) is 0.719. The smallest absolute Gasteiger partial charge is 0.224 e. The number of ether oxygens (including phenoxy) is 1. The van der Waals surface area contributed by atoms with E-state index < -0.39 is 0 Å². The van der Waals surface area contributed by atoms with Gasteiger partial charge in [-0.3, -0.25) is 0 Å². The van der Waals surface area contributed by atoms with Crippen molar-refractivity contribution in [1.82, 2.24) is 15.3 Å². The van der Waals surface area contributed by atoms with Gasteiger partial charge in [-0.25, -0.2) is 4.98 Å². The van der Waals surface area contributed by atoms with Crippen molar-refractivity contribution in [3.8, 4) is 0 Å². The highest BCUT2D eigenvalue weighted by Crippen LogP contribution is 2.25. The molecule has 0 saturated heterocycles. The Labute approximate surface area is 167 Å². The van der Waals surface area contributed by atoms with Crippen LogP contribution in [0.3, 0.4) is 0 Å². The fourth-order valence-electron chi connectivity index (χ4n) is 4.28. The van der Waals surface area contributed by atoms with Crippen LogP contribution in [-0.2, 0) is 17.7 Å². The van der Waals surface area contributed by atoms with Crippen LogP contribution in [-0.4, -0.2) is 48.9 Å². The summed E-state index contributed by atoms with van der Waals surface area (Å²) < 4.78 is 5.12. The van der Waals surface area contributed by atoms with Crippen molar-refractivity contribution in [3.05, 3.63) is 47.7 Å². The van der Waals surface area contributed by atoms with E-state index in [4.69, 9.17) is 9.72 Å². The summed E-state index contributed by atoms with van der Waals surface area (Å²) in [6.07, 6.45) is 7.62. The average Bonchev–Trinajstić information content (AvgIpc) is 2.75. The number of anilines is 2. The molecule has 4 rings (SSSR count). The molecule has 1 fully saturated rings. The molecule has 2 aromatic rings. The molecule has 2 N–H and O–H groups in total. The van der Waals surface area contributed by atoms with Crippen LogP contribution in [0, 0.1) is 0 Å². The number of nitrogens with one attached hydrogen (secondary N) is 2. The van der Waals surface area contributed by atoms with Crippen molar-refractivity contribution in [3.63, 3.8) is 0 Å². The first-order valence-electron chi connectivity index (χ1n) is 10.5. The zero-order valence-corrected chi connectivity index (χ0v) is 16.7. The van der Waals surface area contributed by atoms with E-state index in [0.717, 1.165) is 57.3 Å². The van der Waals surface area contributed by atoms with Gasteiger partial charge in [0.2, 0.25) is 5.95 Å². The minimum absolute atomic E-state index is 0.456. The van der Waals surface area contributed by atoms with Gasteiger partial charge in [0.25, 0.3) is 0 Å². The molecular formula is C22H31N5O. The Kier molecular flexibility index (Phi) is 6.39. The zero-order chi connectivity index (χ0) is 19.2. The molecule has 28 heavy (non-hydrogen) atoms. The normalized spacial score (nSPS) is 22.0. The summed E-state index contributed by atoms with van der Waals surface area (Å²) in [6.45, 7) is 3.64. The van der Waals surface area contributed by atoms with E-state index in [2.05, 4.69) is 44.8 Å². The Morgan fingerprint density at radius 1 is 1.07 bits per heavy atom. The standard InChI is InChI=1S/C22H31N5O/c1-28-15-13-23-19-6-8-20(9-7-19)25-22-24-12-10-21(26-22)27-14-11-17-4-2-3-5-18(17)16-27/h2-5,10,12,19-20,23H,6-9,11,13-16H2,1H3,(H,24,25,26). The molecule has 6 nitrogen and oxygen atoms in total. The maximum absolute atomic E-state index is 5.12. The number of nitrogens with zero attached hydrogens (tertiary/aromatic N) is 3. The summed E-state index contributed by atoms with van der Waals surface area (Å²) in [5.74, 6) is 1.77. The SMILES string of the molecule is COCCNC1CCC(Nc2nccc(N3CCc4ccccc4C3)n2)CC1. The predicted molar refractivity (Wildman–Crippen MR) is 113 cm³/mol. The van der Waals surface area contributed by atoms with E-state index in [1.165, 1.54) is 24.0 Å². The van der Waals surface area contributed by atoms with Crippen LogP contribution in [0.2, 0.25) is 0 Å². The van der Waals surface area contributed by atoms with Gasteiger partial charge in [0.05, 0.1) is 6.61 Å². The number of hydrogen-bond acceptors (Lipinski definition) is 6. The summed E-state index contributed by atoms with van der Waals surface area (Å²) in [4.78, 5) is 11.6. The molecule has 1 aliphatic heterocycles. The maximum atomic E-state index is 5.12. The summed E-state index contributed by atoms with van der Waals surface area (Å²) in [6, 6.07) is 11.8. The second-order valence-electron chi connectivity index (χ2n) is 7.82. The average molecular weight is 382 g/mol. The largest absolute Gasteiger partial charge is 0.383 e. The first kappa shape index (κ1) is 19.2. The molecule has 1 aromatic carbocycles. The monoisotopic (exact) mass is 381 g/mol. The van der Waals surface area contributed by atoms with Crippen LogP contribution in [0.5, 0.6) is 0 Å². The van der Waals surface area contributed by atoms with E-state index in [1.807, 2.05) is 12.3 Å². The Morgan fingerprint density at radius 2 is 1.86 bits per heavy atom. The molecule has 0 unspecified atom stereocenters. The Hall–Kier alpha value is -2.18. The topological polar surface area (TPSA) is 62.3 Å². The first-order valence-corrected chi connectivity index (χ1v) is 10.5. The van der Waals surface area contributed by atoms with Crippen molar-refractivity contribution >= 4 is 11.8 Å². The van der Waals surface area contributed by atoms with E-state index in [9.17, 15) is 0 Å².